The number of ether oxygens (including phenoxy) is 1. The summed E-state index contributed by atoms with van der Waals surface area (Å²) in [5, 5.41) is 9.75. The molecular formula is C10H22O3Si. The van der Waals surface area contributed by atoms with Crippen LogP contribution in [-0.2, 0) is 9.53 Å². The van der Waals surface area contributed by atoms with Crippen LogP contribution in [0.1, 0.15) is 25.7 Å². The second-order valence-electron chi connectivity index (χ2n) is 4.70. The predicted octanol–water partition coefficient (Wildman–Crippen LogP) is 1.96. The molecule has 84 valence electrons. The third kappa shape index (κ3) is 6.15. The van der Waals surface area contributed by atoms with E-state index in [1.807, 2.05) is 0 Å². The predicted molar refractivity (Wildman–Crippen MR) is 59.8 cm³/mol. The summed E-state index contributed by atoms with van der Waals surface area (Å²) in [6.07, 6.45) is 3.00. The molecule has 0 fully saturated rings. The van der Waals surface area contributed by atoms with Crippen LogP contribution in [0.2, 0.25) is 19.6 Å². The first-order chi connectivity index (χ1) is 6.38. The monoisotopic (exact) mass is 218 g/mol. The molecule has 3 nitrogen and oxygen atoms in total. The molecule has 0 saturated heterocycles. The number of carbonyl (C=O) groups is 1. The average Bonchev–Trinajstić information content (AvgIpc) is 2.09. The van der Waals surface area contributed by atoms with Gasteiger partial charge in [-0.15, -0.1) is 0 Å². The first-order valence-electron chi connectivity index (χ1n) is 5.13. The average molecular weight is 218 g/mol. The minimum atomic E-state index is -1.41. The Kier molecular flexibility index (Phi) is 6.03. The van der Waals surface area contributed by atoms with Gasteiger partial charge in [-0.3, -0.25) is 4.79 Å². The first kappa shape index (κ1) is 13.6. The van der Waals surface area contributed by atoms with Crippen molar-refractivity contribution < 1.29 is 14.6 Å². The van der Waals surface area contributed by atoms with Crippen LogP contribution in [0.5, 0.6) is 0 Å². The highest BCUT2D eigenvalue weighted by Gasteiger charge is 2.23. The van der Waals surface area contributed by atoms with Gasteiger partial charge in [-0.1, -0.05) is 26.1 Å². The number of aliphatic hydroxyl groups is 1. The lowest BCUT2D eigenvalue weighted by Crippen LogP contribution is -2.37. The Morgan fingerprint density at radius 2 is 1.93 bits per heavy atom. The number of rotatable bonds is 6. The lowest BCUT2D eigenvalue weighted by molar-refractivity contribution is -0.140. The Labute approximate surface area is 87.5 Å². The van der Waals surface area contributed by atoms with Gasteiger partial charge in [0, 0.05) is 12.1 Å². The van der Waals surface area contributed by atoms with Crippen LogP contribution in [0.15, 0.2) is 0 Å². The Bertz CT molecular complexity index is 175. The van der Waals surface area contributed by atoms with Crippen LogP contribution in [-0.4, -0.2) is 32.0 Å². The summed E-state index contributed by atoms with van der Waals surface area (Å²) in [7, 11) is -0.00469. The number of hydrogen-bond donors (Lipinski definition) is 1. The zero-order valence-corrected chi connectivity index (χ0v) is 10.7. The lowest BCUT2D eigenvalue weighted by atomic mass is 10.2. The molecule has 0 radical (unpaired) electrons. The molecule has 0 spiro atoms. The Morgan fingerprint density at radius 3 is 2.36 bits per heavy atom. The minimum absolute atomic E-state index is 0.153. The van der Waals surface area contributed by atoms with Gasteiger partial charge in [0.05, 0.1) is 15.2 Å². The standard InChI is InChI=1S/C10H22O3Si/c1-13-9(11)7-5-6-8-10(12)14(2,3)4/h10,12H,5-8H2,1-4H3. The maximum absolute atomic E-state index is 10.8. The molecule has 0 saturated carbocycles. The van der Waals surface area contributed by atoms with E-state index in [0.717, 1.165) is 19.3 Å². The SMILES string of the molecule is COC(=O)CCCCC(O)[Si](C)(C)C. The minimum Gasteiger partial charge on any atom is -0.469 e. The summed E-state index contributed by atoms with van der Waals surface area (Å²) < 4.78 is 4.53. The fourth-order valence-electron chi connectivity index (χ4n) is 1.14. The molecule has 4 heteroatoms. The topological polar surface area (TPSA) is 46.5 Å². The van der Waals surface area contributed by atoms with E-state index in [2.05, 4.69) is 24.4 Å². The van der Waals surface area contributed by atoms with E-state index in [1.165, 1.54) is 7.11 Å². The van der Waals surface area contributed by atoms with E-state index in [-0.39, 0.29) is 11.7 Å². The van der Waals surface area contributed by atoms with Crippen LogP contribution < -0.4 is 0 Å². The summed E-state index contributed by atoms with van der Waals surface area (Å²) in [5.74, 6) is -0.160. The molecule has 0 aliphatic carbocycles. The summed E-state index contributed by atoms with van der Waals surface area (Å²) in [5.41, 5.74) is -0.153. The molecule has 14 heavy (non-hydrogen) atoms. The number of esters is 1. The van der Waals surface area contributed by atoms with E-state index in [4.69, 9.17) is 0 Å². The second-order valence-corrected chi connectivity index (χ2v) is 10.1. The third-order valence-corrected chi connectivity index (χ3v) is 4.62. The smallest absolute Gasteiger partial charge is 0.305 e. The molecule has 0 aromatic carbocycles. The highest BCUT2D eigenvalue weighted by atomic mass is 28.3. The number of hydrogen-bond acceptors (Lipinski definition) is 3. The molecule has 0 aliphatic rings. The van der Waals surface area contributed by atoms with E-state index in [1.54, 1.807) is 0 Å². The fourth-order valence-corrected chi connectivity index (χ4v) is 2.21. The fraction of sp³-hybridized carbons (Fsp3) is 0.900. The molecule has 1 atom stereocenters. The van der Waals surface area contributed by atoms with Gasteiger partial charge in [0.15, 0.2) is 0 Å². The van der Waals surface area contributed by atoms with Crippen molar-refractivity contribution in [2.24, 2.45) is 0 Å². The van der Waals surface area contributed by atoms with Gasteiger partial charge in [-0.2, -0.15) is 0 Å². The van der Waals surface area contributed by atoms with Gasteiger partial charge in [0.2, 0.25) is 0 Å². The van der Waals surface area contributed by atoms with Crippen molar-refractivity contribution in [3.05, 3.63) is 0 Å². The van der Waals surface area contributed by atoms with Crippen molar-refractivity contribution in [2.75, 3.05) is 7.11 Å². The van der Waals surface area contributed by atoms with Crippen molar-refractivity contribution in [1.82, 2.24) is 0 Å². The van der Waals surface area contributed by atoms with Gasteiger partial charge < -0.3 is 9.84 Å². The second kappa shape index (κ2) is 6.19. The van der Waals surface area contributed by atoms with Gasteiger partial charge >= 0.3 is 5.97 Å². The van der Waals surface area contributed by atoms with Crippen LogP contribution >= 0.6 is 0 Å². The highest BCUT2D eigenvalue weighted by Crippen LogP contribution is 2.14. The van der Waals surface area contributed by atoms with Crippen molar-refractivity contribution in [1.29, 1.82) is 0 Å². The molecule has 0 rings (SSSR count). The van der Waals surface area contributed by atoms with E-state index >= 15 is 0 Å². The molecule has 1 unspecified atom stereocenters. The van der Waals surface area contributed by atoms with Crippen LogP contribution in [0.4, 0.5) is 0 Å². The number of methoxy groups -OCH3 is 1. The zero-order chi connectivity index (χ0) is 11.2. The highest BCUT2D eigenvalue weighted by molar-refractivity contribution is 6.77. The normalized spacial score (nSPS) is 13.8. The van der Waals surface area contributed by atoms with Crippen molar-refractivity contribution in [2.45, 2.75) is 51.1 Å². The number of aliphatic hydroxyl groups excluding tert-OH is 1. The largest absolute Gasteiger partial charge is 0.469 e. The quantitative estimate of drug-likeness (QED) is 0.421. The number of unbranched alkanes of at least 4 members (excludes halogenated alkanes) is 1. The summed E-state index contributed by atoms with van der Waals surface area (Å²) >= 11 is 0. The van der Waals surface area contributed by atoms with E-state index in [9.17, 15) is 9.90 Å². The molecule has 0 amide bonds. The molecule has 0 aliphatic heterocycles. The third-order valence-electron chi connectivity index (χ3n) is 2.34. The van der Waals surface area contributed by atoms with E-state index < -0.39 is 8.07 Å². The zero-order valence-electron chi connectivity index (χ0n) is 9.67. The van der Waals surface area contributed by atoms with E-state index in [0.29, 0.717) is 6.42 Å². The molecule has 1 N–H and O–H groups in total. The Hall–Kier alpha value is -0.353. The molecule has 0 bridgehead atoms. The molecule has 0 aromatic heterocycles. The number of carbonyl (C=O) groups excluding carboxylic acids is 1. The molecular weight excluding hydrogens is 196 g/mol. The van der Waals surface area contributed by atoms with Crippen molar-refractivity contribution in [3.8, 4) is 0 Å². The first-order valence-corrected chi connectivity index (χ1v) is 8.70. The summed E-state index contributed by atoms with van der Waals surface area (Å²) in [6.45, 7) is 6.45. The molecule has 0 heterocycles. The maximum Gasteiger partial charge on any atom is 0.305 e. The van der Waals surface area contributed by atoms with Gasteiger partial charge in [0.25, 0.3) is 0 Å². The van der Waals surface area contributed by atoms with Crippen LogP contribution in [0.25, 0.3) is 0 Å². The summed E-state index contributed by atoms with van der Waals surface area (Å²) in [6, 6.07) is 0. The molecule has 0 aromatic rings. The van der Waals surface area contributed by atoms with Crippen molar-refractivity contribution in [3.63, 3.8) is 0 Å². The maximum atomic E-state index is 10.8. The Balaban J connectivity index is 3.50. The van der Waals surface area contributed by atoms with Gasteiger partial charge in [0.1, 0.15) is 0 Å². The summed E-state index contributed by atoms with van der Waals surface area (Å²) in [4.78, 5) is 10.8. The lowest BCUT2D eigenvalue weighted by Gasteiger charge is -2.23. The van der Waals surface area contributed by atoms with Gasteiger partial charge in [-0.05, 0) is 12.8 Å². The van der Waals surface area contributed by atoms with Crippen LogP contribution in [0, 0.1) is 0 Å². The van der Waals surface area contributed by atoms with Crippen LogP contribution in [0.3, 0.4) is 0 Å². The van der Waals surface area contributed by atoms with Gasteiger partial charge in [-0.25, -0.2) is 0 Å². The van der Waals surface area contributed by atoms with Crippen molar-refractivity contribution >= 4 is 14.0 Å². The Morgan fingerprint density at radius 1 is 1.36 bits per heavy atom.